The second-order valence-electron chi connectivity index (χ2n) is 7.09. The minimum atomic E-state index is -4.99. The summed E-state index contributed by atoms with van der Waals surface area (Å²) in [5.41, 5.74) is -0.805. The maximum absolute atomic E-state index is 13.6. The van der Waals surface area contributed by atoms with Crippen molar-refractivity contribution in [2.24, 2.45) is 5.14 Å². The van der Waals surface area contributed by atoms with Crippen molar-refractivity contribution < 1.29 is 21.6 Å². The van der Waals surface area contributed by atoms with Gasteiger partial charge in [-0.3, -0.25) is 5.41 Å². The number of nitrogens with zero attached hydrogens (tertiary/aromatic N) is 3. The van der Waals surface area contributed by atoms with Crippen LogP contribution in [0.3, 0.4) is 0 Å². The first kappa shape index (κ1) is 21.9. The van der Waals surface area contributed by atoms with Gasteiger partial charge < -0.3 is 10.6 Å². The van der Waals surface area contributed by atoms with E-state index in [0.717, 1.165) is 19.2 Å². The number of amidine groups is 1. The van der Waals surface area contributed by atoms with E-state index in [2.05, 4.69) is 31.3 Å². The van der Waals surface area contributed by atoms with Gasteiger partial charge in [0.05, 0.1) is 17.2 Å². The molecule has 1 aliphatic heterocycles. The van der Waals surface area contributed by atoms with Crippen molar-refractivity contribution in [3.8, 4) is 22.5 Å². The van der Waals surface area contributed by atoms with Crippen LogP contribution in [0.5, 0.6) is 0 Å². The average Bonchev–Trinajstić information content (AvgIpc) is 3.23. The monoisotopic (exact) mass is 466 g/mol. The molecule has 3 aromatic rings. The molecular formula is C18H17F3N8O2S. The van der Waals surface area contributed by atoms with Crippen molar-refractivity contribution >= 4 is 15.9 Å². The Kier molecular flexibility index (Phi) is 5.44. The highest BCUT2D eigenvalue weighted by Crippen LogP contribution is 2.42. The summed E-state index contributed by atoms with van der Waals surface area (Å²) in [5.74, 6) is -0.162. The number of primary sulfonamides is 1. The van der Waals surface area contributed by atoms with Gasteiger partial charge in [0.2, 0.25) is 15.8 Å². The Hall–Kier alpha value is -3.36. The zero-order valence-corrected chi connectivity index (χ0v) is 17.0. The minimum Gasteiger partial charge on any atom is -0.365 e. The molecule has 0 bridgehead atoms. The van der Waals surface area contributed by atoms with Crippen molar-refractivity contribution in [3.63, 3.8) is 0 Å². The predicted molar refractivity (Wildman–Crippen MR) is 108 cm³/mol. The summed E-state index contributed by atoms with van der Waals surface area (Å²) in [4.78, 5) is -1.14. The Morgan fingerprint density at radius 1 is 1.16 bits per heavy atom. The number of rotatable bonds is 5. The van der Waals surface area contributed by atoms with Crippen LogP contribution in [0.4, 0.5) is 13.2 Å². The maximum Gasteiger partial charge on any atom is 0.417 e. The zero-order chi connectivity index (χ0) is 23.1. The number of halogens is 3. The molecule has 0 unspecified atom stereocenters. The van der Waals surface area contributed by atoms with E-state index in [9.17, 15) is 21.6 Å². The highest BCUT2D eigenvalue weighted by atomic mass is 32.2. The van der Waals surface area contributed by atoms with Crippen LogP contribution in [-0.4, -0.2) is 54.0 Å². The molecule has 1 saturated heterocycles. The van der Waals surface area contributed by atoms with Crippen molar-refractivity contribution in [1.29, 1.82) is 5.41 Å². The van der Waals surface area contributed by atoms with Crippen LogP contribution in [0.25, 0.3) is 22.5 Å². The summed E-state index contributed by atoms with van der Waals surface area (Å²) in [6, 6.07) is 8.25. The second-order valence-corrected chi connectivity index (χ2v) is 8.59. The lowest BCUT2D eigenvalue weighted by atomic mass is 9.95. The third-order valence-corrected chi connectivity index (χ3v) is 5.92. The molecule has 2 heterocycles. The summed E-state index contributed by atoms with van der Waals surface area (Å²) in [5, 5.41) is 32.3. The van der Waals surface area contributed by atoms with Gasteiger partial charge in [-0.1, -0.05) is 30.3 Å². The smallest absolute Gasteiger partial charge is 0.365 e. The van der Waals surface area contributed by atoms with Gasteiger partial charge in [0, 0.05) is 18.7 Å². The average molecular weight is 466 g/mol. The molecule has 32 heavy (non-hydrogen) atoms. The molecule has 6 N–H and O–H groups in total. The lowest BCUT2D eigenvalue weighted by molar-refractivity contribution is -0.139. The van der Waals surface area contributed by atoms with Gasteiger partial charge in [0.1, 0.15) is 10.7 Å². The number of nitrogens with one attached hydrogen (secondary N) is 4. The topological polar surface area (TPSA) is 163 Å². The van der Waals surface area contributed by atoms with Gasteiger partial charge in [-0.2, -0.15) is 18.4 Å². The molecule has 0 atom stereocenters. The largest absolute Gasteiger partial charge is 0.417 e. The van der Waals surface area contributed by atoms with Gasteiger partial charge in [0.15, 0.2) is 0 Å². The van der Waals surface area contributed by atoms with E-state index in [4.69, 9.17) is 10.5 Å². The molecule has 0 saturated carbocycles. The molecule has 1 fully saturated rings. The molecule has 168 valence electrons. The van der Waals surface area contributed by atoms with Crippen molar-refractivity contribution in [3.05, 3.63) is 47.5 Å². The maximum atomic E-state index is 13.6. The molecule has 0 radical (unpaired) electrons. The number of hydrogen-bond acceptors (Lipinski definition) is 7. The summed E-state index contributed by atoms with van der Waals surface area (Å²) >= 11 is 0. The first-order chi connectivity index (χ1) is 15.1. The summed E-state index contributed by atoms with van der Waals surface area (Å²) in [6.07, 6.45) is -4.99. The minimum absolute atomic E-state index is 0.109. The quantitative estimate of drug-likeness (QED) is 0.278. The molecule has 0 spiro atoms. The number of aromatic nitrogens is 4. The zero-order valence-electron chi connectivity index (χ0n) is 16.2. The number of hydrogen-bond donors (Lipinski definition) is 5. The van der Waals surface area contributed by atoms with Gasteiger partial charge in [-0.25, -0.2) is 13.6 Å². The Labute approximate surface area is 180 Å². The summed E-state index contributed by atoms with van der Waals surface area (Å²) in [6.45, 7) is 1.49. The van der Waals surface area contributed by atoms with E-state index in [1.54, 1.807) is 24.3 Å². The van der Waals surface area contributed by atoms with Gasteiger partial charge >= 0.3 is 6.18 Å². The molecule has 1 aromatic heterocycles. The molecule has 14 heteroatoms. The van der Waals surface area contributed by atoms with Crippen molar-refractivity contribution in [2.75, 3.05) is 13.1 Å². The van der Waals surface area contributed by atoms with Crippen molar-refractivity contribution in [2.45, 2.75) is 17.1 Å². The van der Waals surface area contributed by atoms with Gasteiger partial charge in [-0.15, -0.1) is 10.2 Å². The fraction of sp³-hybridized carbons (Fsp3) is 0.222. The predicted octanol–water partition coefficient (Wildman–Crippen LogP) is 1.09. The van der Waals surface area contributed by atoms with E-state index >= 15 is 0 Å². The fourth-order valence-corrected chi connectivity index (χ4v) is 4.30. The number of nitrogens with two attached hydrogens (primary N) is 1. The SMILES string of the molecule is N=C(NC1CNC1)c1ccc(-c2ccc(C(F)(F)F)c(S(N)(=O)=O)c2-c2nn[nH]n2)cc1. The Bertz CT molecular complexity index is 1250. The molecular weight excluding hydrogens is 449 g/mol. The first-order valence-corrected chi connectivity index (χ1v) is 10.8. The molecule has 0 amide bonds. The normalized spacial score (nSPS) is 14.8. The highest BCUT2D eigenvalue weighted by molar-refractivity contribution is 7.89. The number of H-pyrrole nitrogens is 1. The Morgan fingerprint density at radius 3 is 2.34 bits per heavy atom. The van der Waals surface area contributed by atoms with Crippen LogP contribution in [0, 0.1) is 5.41 Å². The van der Waals surface area contributed by atoms with E-state index in [1.165, 1.54) is 0 Å². The Morgan fingerprint density at radius 2 is 1.84 bits per heavy atom. The van der Waals surface area contributed by atoms with Crippen LogP contribution < -0.4 is 15.8 Å². The van der Waals surface area contributed by atoms with E-state index in [1.807, 2.05) is 0 Å². The second kappa shape index (κ2) is 7.96. The molecule has 2 aromatic carbocycles. The first-order valence-electron chi connectivity index (χ1n) is 9.23. The number of aromatic amines is 1. The molecule has 1 aliphatic rings. The van der Waals surface area contributed by atoms with Crippen LogP contribution in [0.15, 0.2) is 41.3 Å². The van der Waals surface area contributed by atoms with Crippen LogP contribution in [0.2, 0.25) is 0 Å². The van der Waals surface area contributed by atoms with Gasteiger partial charge in [-0.05, 0) is 22.4 Å². The lowest BCUT2D eigenvalue weighted by Crippen LogP contribution is -2.56. The van der Waals surface area contributed by atoms with E-state index in [-0.39, 0.29) is 23.3 Å². The summed E-state index contributed by atoms with van der Waals surface area (Å²) in [7, 11) is -4.83. The fourth-order valence-electron chi connectivity index (χ4n) is 3.33. The van der Waals surface area contributed by atoms with Crippen LogP contribution in [-0.2, 0) is 16.2 Å². The highest BCUT2D eigenvalue weighted by Gasteiger charge is 2.39. The van der Waals surface area contributed by atoms with Crippen LogP contribution >= 0.6 is 0 Å². The standard InChI is InChI=1S/C18H17F3N8O2S/c19-18(20,21)13-6-5-12(14(15(13)32(23,30)31)17-26-28-29-27-17)9-1-3-10(4-2-9)16(22)25-11-7-24-8-11/h1-6,11,24H,7-8H2,(H2,22,25)(H2,23,30,31)(H,26,27,28,29). The molecule has 10 nitrogen and oxygen atoms in total. The third-order valence-electron chi connectivity index (χ3n) is 4.93. The van der Waals surface area contributed by atoms with E-state index in [0.29, 0.717) is 17.2 Å². The number of sulfonamides is 1. The Balaban J connectivity index is 1.85. The third kappa shape index (κ3) is 4.19. The van der Waals surface area contributed by atoms with Gasteiger partial charge in [0.25, 0.3) is 0 Å². The number of benzene rings is 2. The van der Waals surface area contributed by atoms with E-state index < -0.39 is 32.2 Å². The molecule has 4 rings (SSSR count). The number of alkyl halides is 3. The lowest BCUT2D eigenvalue weighted by Gasteiger charge is -2.29. The molecule has 0 aliphatic carbocycles. The summed E-state index contributed by atoms with van der Waals surface area (Å²) < 4.78 is 65.2. The number of tetrazole rings is 1. The van der Waals surface area contributed by atoms with Crippen molar-refractivity contribution in [1.82, 2.24) is 31.3 Å². The van der Waals surface area contributed by atoms with Crippen LogP contribution in [0.1, 0.15) is 11.1 Å².